The number of aryl methyl sites for hydroxylation is 1. The van der Waals surface area contributed by atoms with Crippen LogP contribution in [0, 0.1) is 6.92 Å². The standard InChI is InChI=1S/C17H17ClN2O4/c1-10-4-6-15(24-3)13(8-10)20-17(22)16(21)19-11-5-7-14(23-2)12(18)9-11/h4-9H,1-3H3,(H,19,21)(H,20,22). The van der Waals surface area contributed by atoms with Crippen molar-refractivity contribution in [2.24, 2.45) is 0 Å². The molecule has 0 unspecified atom stereocenters. The molecule has 6 nitrogen and oxygen atoms in total. The fourth-order valence-corrected chi connectivity index (χ4v) is 2.29. The molecule has 0 saturated heterocycles. The first-order valence-electron chi connectivity index (χ1n) is 7.05. The molecule has 0 radical (unpaired) electrons. The number of methoxy groups -OCH3 is 2. The summed E-state index contributed by atoms with van der Waals surface area (Å²) in [5, 5.41) is 5.33. The predicted molar refractivity (Wildman–Crippen MR) is 93.0 cm³/mol. The lowest BCUT2D eigenvalue weighted by atomic mass is 10.2. The fraction of sp³-hybridized carbons (Fsp3) is 0.176. The van der Waals surface area contributed by atoms with E-state index >= 15 is 0 Å². The molecule has 0 aliphatic heterocycles. The van der Waals surface area contributed by atoms with Gasteiger partial charge in [-0.25, -0.2) is 0 Å². The maximum absolute atomic E-state index is 12.1. The molecule has 2 amide bonds. The number of halogens is 1. The van der Waals surface area contributed by atoms with Crippen molar-refractivity contribution in [3.8, 4) is 11.5 Å². The van der Waals surface area contributed by atoms with Crippen molar-refractivity contribution in [1.82, 2.24) is 0 Å². The van der Waals surface area contributed by atoms with E-state index in [0.29, 0.717) is 27.9 Å². The van der Waals surface area contributed by atoms with Crippen molar-refractivity contribution in [2.45, 2.75) is 6.92 Å². The van der Waals surface area contributed by atoms with Gasteiger partial charge in [-0.15, -0.1) is 0 Å². The van der Waals surface area contributed by atoms with Crippen LogP contribution in [0.3, 0.4) is 0 Å². The van der Waals surface area contributed by atoms with E-state index in [1.165, 1.54) is 20.3 Å². The van der Waals surface area contributed by atoms with Gasteiger partial charge in [-0.3, -0.25) is 9.59 Å². The Bertz CT molecular complexity index is 777. The molecule has 0 aliphatic carbocycles. The van der Waals surface area contributed by atoms with Crippen LogP contribution in [0.1, 0.15) is 5.56 Å². The molecule has 0 atom stereocenters. The molecule has 24 heavy (non-hydrogen) atoms. The molecule has 2 rings (SSSR count). The van der Waals surface area contributed by atoms with Gasteiger partial charge in [0.25, 0.3) is 0 Å². The van der Waals surface area contributed by atoms with E-state index in [9.17, 15) is 9.59 Å². The predicted octanol–water partition coefficient (Wildman–Crippen LogP) is 3.24. The lowest BCUT2D eigenvalue weighted by Crippen LogP contribution is -2.29. The first-order chi connectivity index (χ1) is 11.4. The third-order valence-electron chi connectivity index (χ3n) is 3.22. The number of hydrogen-bond acceptors (Lipinski definition) is 4. The summed E-state index contributed by atoms with van der Waals surface area (Å²) in [6.45, 7) is 1.87. The van der Waals surface area contributed by atoms with Crippen LogP contribution in [0.5, 0.6) is 11.5 Å². The molecular formula is C17H17ClN2O4. The summed E-state index contributed by atoms with van der Waals surface area (Å²) in [6.07, 6.45) is 0. The molecule has 0 fully saturated rings. The number of anilines is 2. The molecule has 0 saturated carbocycles. The van der Waals surface area contributed by atoms with Crippen LogP contribution in [0.4, 0.5) is 11.4 Å². The summed E-state index contributed by atoms with van der Waals surface area (Å²) in [5.74, 6) is -0.691. The maximum Gasteiger partial charge on any atom is 0.314 e. The number of amides is 2. The number of nitrogens with one attached hydrogen (secondary N) is 2. The lowest BCUT2D eigenvalue weighted by Gasteiger charge is -2.11. The minimum Gasteiger partial charge on any atom is -0.495 e. The van der Waals surface area contributed by atoms with Crippen LogP contribution < -0.4 is 20.1 Å². The summed E-state index contributed by atoms with van der Waals surface area (Å²) < 4.78 is 10.2. The van der Waals surface area contributed by atoms with Gasteiger partial charge in [-0.2, -0.15) is 0 Å². The van der Waals surface area contributed by atoms with E-state index in [1.807, 2.05) is 13.0 Å². The molecule has 2 aromatic carbocycles. The van der Waals surface area contributed by atoms with Crippen LogP contribution in [-0.2, 0) is 9.59 Å². The molecular weight excluding hydrogens is 332 g/mol. The Morgan fingerprint density at radius 1 is 0.917 bits per heavy atom. The van der Waals surface area contributed by atoms with Crippen LogP contribution in [0.15, 0.2) is 36.4 Å². The monoisotopic (exact) mass is 348 g/mol. The van der Waals surface area contributed by atoms with Crippen LogP contribution in [0.2, 0.25) is 5.02 Å². The lowest BCUT2D eigenvalue weighted by molar-refractivity contribution is -0.133. The van der Waals surface area contributed by atoms with E-state index in [1.54, 1.807) is 24.3 Å². The number of carbonyl (C=O) groups excluding carboxylic acids is 2. The molecule has 0 aromatic heterocycles. The SMILES string of the molecule is COc1ccc(NC(=O)C(=O)Nc2cc(C)ccc2OC)cc1Cl. The van der Waals surface area contributed by atoms with Crippen molar-refractivity contribution < 1.29 is 19.1 Å². The molecule has 0 heterocycles. The van der Waals surface area contributed by atoms with Gasteiger partial charge in [0.05, 0.1) is 24.9 Å². The van der Waals surface area contributed by atoms with Gasteiger partial charge in [0.2, 0.25) is 0 Å². The number of carbonyl (C=O) groups is 2. The Hall–Kier alpha value is -2.73. The Labute approximate surface area is 144 Å². The topological polar surface area (TPSA) is 76.7 Å². The normalized spacial score (nSPS) is 10.0. The van der Waals surface area contributed by atoms with Crippen LogP contribution >= 0.6 is 11.6 Å². The number of ether oxygens (including phenoxy) is 2. The summed E-state index contributed by atoms with van der Waals surface area (Å²) in [5.41, 5.74) is 1.73. The molecule has 2 N–H and O–H groups in total. The second-order valence-corrected chi connectivity index (χ2v) is 5.37. The van der Waals surface area contributed by atoms with Crippen LogP contribution in [-0.4, -0.2) is 26.0 Å². The average Bonchev–Trinajstić information content (AvgIpc) is 2.55. The van der Waals surface area contributed by atoms with E-state index in [4.69, 9.17) is 21.1 Å². The molecule has 0 aliphatic rings. The number of hydrogen-bond donors (Lipinski definition) is 2. The zero-order valence-corrected chi connectivity index (χ0v) is 14.2. The minimum atomic E-state index is -0.820. The Kier molecular flexibility index (Phi) is 5.65. The third kappa shape index (κ3) is 4.17. The quantitative estimate of drug-likeness (QED) is 0.831. The summed E-state index contributed by atoms with van der Waals surface area (Å²) in [6, 6.07) is 9.95. The van der Waals surface area contributed by atoms with Crippen molar-refractivity contribution in [2.75, 3.05) is 24.9 Å². The zero-order valence-electron chi connectivity index (χ0n) is 13.5. The first-order valence-corrected chi connectivity index (χ1v) is 7.43. The largest absolute Gasteiger partial charge is 0.495 e. The second kappa shape index (κ2) is 7.70. The smallest absolute Gasteiger partial charge is 0.314 e. The molecule has 2 aromatic rings. The highest BCUT2D eigenvalue weighted by Gasteiger charge is 2.16. The van der Waals surface area contributed by atoms with Crippen LogP contribution in [0.25, 0.3) is 0 Å². The summed E-state index contributed by atoms with van der Waals surface area (Å²) in [4.78, 5) is 24.1. The van der Waals surface area contributed by atoms with Gasteiger partial charge in [0, 0.05) is 5.69 Å². The van der Waals surface area contributed by atoms with Crippen molar-refractivity contribution in [3.63, 3.8) is 0 Å². The Morgan fingerprint density at radius 3 is 2.17 bits per heavy atom. The number of benzene rings is 2. The van der Waals surface area contributed by atoms with Gasteiger partial charge in [-0.1, -0.05) is 17.7 Å². The molecule has 0 bridgehead atoms. The van der Waals surface area contributed by atoms with Crippen molar-refractivity contribution >= 4 is 34.8 Å². The molecule has 7 heteroatoms. The third-order valence-corrected chi connectivity index (χ3v) is 3.51. The zero-order chi connectivity index (χ0) is 17.7. The molecule has 126 valence electrons. The summed E-state index contributed by atoms with van der Waals surface area (Å²) >= 11 is 5.99. The Morgan fingerprint density at radius 2 is 1.54 bits per heavy atom. The van der Waals surface area contributed by atoms with Crippen molar-refractivity contribution in [1.29, 1.82) is 0 Å². The minimum absolute atomic E-state index is 0.330. The highest BCUT2D eigenvalue weighted by Crippen LogP contribution is 2.27. The van der Waals surface area contributed by atoms with E-state index in [-0.39, 0.29) is 0 Å². The average molecular weight is 349 g/mol. The highest BCUT2D eigenvalue weighted by atomic mass is 35.5. The van der Waals surface area contributed by atoms with E-state index in [0.717, 1.165) is 5.56 Å². The maximum atomic E-state index is 12.1. The van der Waals surface area contributed by atoms with Gasteiger partial charge in [-0.05, 0) is 42.8 Å². The van der Waals surface area contributed by atoms with Gasteiger partial charge in [0.1, 0.15) is 11.5 Å². The van der Waals surface area contributed by atoms with Gasteiger partial charge >= 0.3 is 11.8 Å². The van der Waals surface area contributed by atoms with E-state index < -0.39 is 11.8 Å². The van der Waals surface area contributed by atoms with Gasteiger partial charge < -0.3 is 20.1 Å². The van der Waals surface area contributed by atoms with E-state index in [2.05, 4.69) is 10.6 Å². The fourth-order valence-electron chi connectivity index (χ4n) is 2.03. The van der Waals surface area contributed by atoms with Gasteiger partial charge in [0.15, 0.2) is 0 Å². The molecule has 0 spiro atoms. The highest BCUT2D eigenvalue weighted by molar-refractivity contribution is 6.44. The Balaban J connectivity index is 2.09. The van der Waals surface area contributed by atoms with Crippen molar-refractivity contribution in [3.05, 3.63) is 47.0 Å². The second-order valence-electron chi connectivity index (χ2n) is 4.96. The number of rotatable bonds is 4. The first kappa shape index (κ1) is 17.6. The summed E-state index contributed by atoms with van der Waals surface area (Å²) in [7, 11) is 2.97.